The molecule has 9 heteroatoms. The first-order valence-corrected chi connectivity index (χ1v) is 10.3. The average Bonchev–Trinajstić information content (AvgIpc) is 3.17. The van der Waals surface area contributed by atoms with Crippen molar-refractivity contribution in [3.8, 4) is 0 Å². The van der Waals surface area contributed by atoms with Crippen LogP contribution in [0.5, 0.6) is 0 Å². The molecule has 2 aliphatic rings. The summed E-state index contributed by atoms with van der Waals surface area (Å²) in [5.41, 5.74) is 1.88. The number of aromatic amines is 1. The highest BCUT2D eigenvalue weighted by atomic mass is 16.5. The van der Waals surface area contributed by atoms with E-state index in [1.54, 1.807) is 30.5 Å². The number of amides is 1. The summed E-state index contributed by atoms with van der Waals surface area (Å²) < 4.78 is 5.34. The fraction of sp³-hybridized carbons (Fsp3) is 0.409. The van der Waals surface area contributed by atoms with E-state index in [0.717, 1.165) is 5.52 Å². The molecule has 1 aliphatic heterocycles. The summed E-state index contributed by atoms with van der Waals surface area (Å²) in [5, 5.41) is 22.8. The van der Waals surface area contributed by atoms with Crippen molar-refractivity contribution in [1.29, 1.82) is 0 Å². The number of aliphatic carboxylic acids is 2. The van der Waals surface area contributed by atoms with Gasteiger partial charge in [0, 0.05) is 41.4 Å². The molecule has 2 aromatic rings. The molecule has 0 bridgehead atoms. The van der Waals surface area contributed by atoms with Crippen molar-refractivity contribution < 1.29 is 29.3 Å². The topological polar surface area (TPSA) is 132 Å². The first-order valence-electron chi connectivity index (χ1n) is 10.3. The Kier molecular flexibility index (Phi) is 6.06. The minimum Gasteiger partial charge on any atom is -0.481 e. The number of H-pyrrole nitrogens is 1. The number of nitrogens with one attached hydrogen (secondary N) is 2. The second-order valence-electron chi connectivity index (χ2n) is 7.88. The van der Waals surface area contributed by atoms with Crippen LogP contribution in [0, 0.1) is 11.8 Å². The zero-order valence-electron chi connectivity index (χ0n) is 16.9. The summed E-state index contributed by atoms with van der Waals surface area (Å²) in [6, 6.07) is 4.41. The SMILES string of the molecule is O=C(O)[C@H]1CC=CC[C@H]1C(=O)Nc1ccc2[nH]cc([C@H](C(=O)O)N3CCOCC3)c2c1. The summed E-state index contributed by atoms with van der Waals surface area (Å²) in [6.45, 7) is 2.00. The van der Waals surface area contributed by atoms with Crippen molar-refractivity contribution in [3.05, 3.63) is 42.1 Å². The van der Waals surface area contributed by atoms with Gasteiger partial charge in [0.2, 0.25) is 5.91 Å². The Hall–Kier alpha value is -3.17. The standard InChI is InChI=1S/C22H25N3O6/c26-20(14-3-1-2-4-15(14)21(27)28)24-13-5-6-18-16(11-13)17(12-23-18)19(22(29)30)25-7-9-31-10-8-25/h1-2,5-6,11-12,14-15,19,23H,3-4,7-10H2,(H,24,26)(H,27,28)(H,29,30)/t14-,15+,19-/m1/s1. The van der Waals surface area contributed by atoms with Crippen molar-refractivity contribution in [2.24, 2.45) is 11.8 Å². The Morgan fingerprint density at radius 1 is 1.10 bits per heavy atom. The van der Waals surface area contributed by atoms with Crippen LogP contribution in [0.25, 0.3) is 10.9 Å². The number of hydrogen-bond acceptors (Lipinski definition) is 5. The van der Waals surface area contributed by atoms with E-state index in [0.29, 0.717) is 55.8 Å². The number of benzene rings is 1. The zero-order chi connectivity index (χ0) is 22.0. The molecule has 0 spiro atoms. The van der Waals surface area contributed by atoms with Crippen LogP contribution in [0.1, 0.15) is 24.4 Å². The van der Waals surface area contributed by atoms with Crippen LogP contribution < -0.4 is 5.32 Å². The molecule has 9 nitrogen and oxygen atoms in total. The van der Waals surface area contributed by atoms with Crippen molar-refractivity contribution in [3.63, 3.8) is 0 Å². The molecule has 0 radical (unpaired) electrons. The number of fused-ring (bicyclic) bond motifs is 1. The molecular weight excluding hydrogens is 402 g/mol. The lowest BCUT2D eigenvalue weighted by Crippen LogP contribution is -2.42. The third-order valence-corrected chi connectivity index (χ3v) is 6.01. The number of aromatic nitrogens is 1. The maximum Gasteiger partial charge on any atom is 0.325 e. The normalized spacial score (nSPS) is 22.8. The first-order chi connectivity index (χ1) is 15.0. The lowest BCUT2D eigenvalue weighted by molar-refractivity contribution is -0.146. The lowest BCUT2D eigenvalue weighted by atomic mass is 9.82. The number of rotatable bonds is 6. The number of carbonyl (C=O) groups excluding carboxylic acids is 1. The molecule has 0 unspecified atom stereocenters. The number of carboxylic acids is 2. The van der Waals surface area contributed by atoms with E-state index in [-0.39, 0.29) is 5.91 Å². The second-order valence-corrected chi connectivity index (χ2v) is 7.88. The number of allylic oxidation sites excluding steroid dienone is 2. The van der Waals surface area contributed by atoms with Crippen LogP contribution in [0.4, 0.5) is 5.69 Å². The number of morpholine rings is 1. The third kappa shape index (κ3) is 4.33. The van der Waals surface area contributed by atoms with E-state index >= 15 is 0 Å². The minimum atomic E-state index is -0.984. The van der Waals surface area contributed by atoms with Gasteiger partial charge in [-0.3, -0.25) is 19.3 Å². The molecule has 2 heterocycles. The number of anilines is 1. The van der Waals surface area contributed by atoms with Crippen LogP contribution in [0.3, 0.4) is 0 Å². The van der Waals surface area contributed by atoms with Gasteiger partial charge < -0.3 is 25.3 Å². The number of ether oxygens (including phenoxy) is 1. The van der Waals surface area contributed by atoms with Gasteiger partial charge in [0.15, 0.2) is 0 Å². The van der Waals surface area contributed by atoms with Gasteiger partial charge >= 0.3 is 11.9 Å². The van der Waals surface area contributed by atoms with E-state index < -0.39 is 29.8 Å². The van der Waals surface area contributed by atoms with Crippen LogP contribution in [-0.4, -0.2) is 64.2 Å². The van der Waals surface area contributed by atoms with Crippen LogP contribution in [0.15, 0.2) is 36.5 Å². The van der Waals surface area contributed by atoms with E-state index in [2.05, 4.69) is 10.3 Å². The second kappa shape index (κ2) is 8.91. The van der Waals surface area contributed by atoms with Crippen molar-refractivity contribution >= 4 is 34.4 Å². The van der Waals surface area contributed by atoms with E-state index in [1.165, 1.54) is 0 Å². The molecule has 0 saturated carbocycles. The fourth-order valence-corrected chi connectivity index (χ4v) is 4.38. The van der Waals surface area contributed by atoms with Gasteiger partial charge in [-0.05, 0) is 31.0 Å². The largest absolute Gasteiger partial charge is 0.481 e. The Balaban J connectivity index is 1.60. The number of carbonyl (C=O) groups is 3. The number of nitrogens with zero attached hydrogens (tertiary/aromatic N) is 1. The van der Waals surface area contributed by atoms with Gasteiger partial charge in [-0.1, -0.05) is 12.2 Å². The van der Waals surface area contributed by atoms with Crippen molar-refractivity contribution in [2.75, 3.05) is 31.6 Å². The predicted octanol–water partition coefficient (Wildman–Crippen LogP) is 2.23. The maximum atomic E-state index is 12.8. The molecular formula is C22H25N3O6. The van der Waals surface area contributed by atoms with Crippen LogP contribution in [-0.2, 0) is 19.1 Å². The number of carboxylic acid groups (broad SMARTS) is 2. The number of hydrogen-bond donors (Lipinski definition) is 4. The summed E-state index contributed by atoms with van der Waals surface area (Å²) in [7, 11) is 0. The first kappa shape index (κ1) is 21.1. The molecule has 4 N–H and O–H groups in total. The fourth-order valence-electron chi connectivity index (χ4n) is 4.38. The van der Waals surface area contributed by atoms with Gasteiger partial charge in [0.05, 0.1) is 25.0 Å². The van der Waals surface area contributed by atoms with E-state index in [4.69, 9.17) is 4.74 Å². The molecule has 1 saturated heterocycles. The molecule has 164 valence electrons. The smallest absolute Gasteiger partial charge is 0.325 e. The Labute approximate surface area is 178 Å². The molecule has 1 aromatic carbocycles. The molecule has 1 aromatic heterocycles. The predicted molar refractivity (Wildman–Crippen MR) is 113 cm³/mol. The van der Waals surface area contributed by atoms with Crippen LogP contribution in [0.2, 0.25) is 0 Å². The van der Waals surface area contributed by atoms with Gasteiger partial charge in [0.25, 0.3) is 0 Å². The van der Waals surface area contributed by atoms with E-state index in [9.17, 15) is 24.6 Å². The Morgan fingerprint density at radius 2 is 1.81 bits per heavy atom. The summed E-state index contributed by atoms with van der Waals surface area (Å²) in [6.07, 6.45) is 6.01. The van der Waals surface area contributed by atoms with Crippen molar-refractivity contribution in [2.45, 2.75) is 18.9 Å². The third-order valence-electron chi connectivity index (χ3n) is 6.01. The molecule has 3 atom stereocenters. The Morgan fingerprint density at radius 3 is 2.48 bits per heavy atom. The average molecular weight is 427 g/mol. The highest BCUT2D eigenvalue weighted by Crippen LogP contribution is 2.32. The van der Waals surface area contributed by atoms with Gasteiger partial charge in [0.1, 0.15) is 6.04 Å². The van der Waals surface area contributed by atoms with Gasteiger partial charge in [-0.2, -0.15) is 0 Å². The summed E-state index contributed by atoms with van der Waals surface area (Å²) in [4.78, 5) is 41.4. The quantitative estimate of drug-likeness (QED) is 0.520. The summed E-state index contributed by atoms with van der Waals surface area (Å²) in [5.74, 6) is -3.69. The van der Waals surface area contributed by atoms with Crippen LogP contribution >= 0.6 is 0 Å². The molecule has 31 heavy (non-hydrogen) atoms. The zero-order valence-corrected chi connectivity index (χ0v) is 16.9. The van der Waals surface area contributed by atoms with Gasteiger partial charge in [-0.15, -0.1) is 0 Å². The highest BCUT2D eigenvalue weighted by Gasteiger charge is 2.34. The van der Waals surface area contributed by atoms with Crippen molar-refractivity contribution in [1.82, 2.24) is 9.88 Å². The summed E-state index contributed by atoms with van der Waals surface area (Å²) >= 11 is 0. The molecule has 1 aliphatic carbocycles. The highest BCUT2D eigenvalue weighted by molar-refractivity contribution is 5.98. The lowest BCUT2D eigenvalue weighted by Gasteiger charge is -2.31. The monoisotopic (exact) mass is 427 g/mol. The Bertz CT molecular complexity index is 1020. The van der Waals surface area contributed by atoms with E-state index in [1.807, 2.05) is 11.0 Å². The maximum absolute atomic E-state index is 12.8. The van der Waals surface area contributed by atoms with Gasteiger partial charge in [-0.25, -0.2) is 0 Å². The minimum absolute atomic E-state index is 0.328. The molecule has 1 fully saturated rings. The molecule has 1 amide bonds. The molecule has 4 rings (SSSR count).